The van der Waals surface area contributed by atoms with Crippen molar-refractivity contribution in [2.24, 2.45) is 7.05 Å². The van der Waals surface area contributed by atoms with Gasteiger partial charge in [0.1, 0.15) is 6.07 Å². The molecule has 3 rings (SSSR count). The number of aryl methyl sites for hydroxylation is 1. The summed E-state index contributed by atoms with van der Waals surface area (Å²) in [6.45, 7) is 1.43. The molecule has 1 amide bonds. The van der Waals surface area contributed by atoms with Crippen molar-refractivity contribution in [2.45, 2.75) is 0 Å². The Morgan fingerprint density at radius 2 is 2.18 bits per heavy atom. The molecule has 1 aliphatic rings. The molecule has 0 radical (unpaired) electrons. The number of nitriles is 1. The van der Waals surface area contributed by atoms with E-state index in [0.29, 0.717) is 23.7 Å². The second-order valence-electron chi connectivity index (χ2n) is 5.11. The summed E-state index contributed by atoms with van der Waals surface area (Å²) in [7, 11) is 1.82. The number of carbonyl (C=O) groups excluding carboxylic acids is 1. The first kappa shape index (κ1) is 14.4. The van der Waals surface area contributed by atoms with Crippen LogP contribution < -0.4 is 9.80 Å². The van der Waals surface area contributed by atoms with Gasteiger partial charge in [0.2, 0.25) is 5.91 Å². The number of aromatic nitrogens is 2. The zero-order valence-corrected chi connectivity index (χ0v) is 12.8. The number of rotatable bonds is 2. The Bertz CT molecular complexity index is 764. The topological polar surface area (TPSA) is 65.2 Å². The number of amides is 1. The highest BCUT2D eigenvalue weighted by Crippen LogP contribution is 2.26. The summed E-state index contributed by atoms with van der Waals surface area (Å²) in [5, 5.41) is 13.8. The van der Waals surface area contributed by atoms with Crippen molar-refractivity contribution in [2.75, 3.05) is 29.4 Å². The zero-order valence-electron chi connectivity index (χ0n) is 12.0. The molecule has 7 heteroatoms. The van der Waals surface area contributed by atoms with Crippen LogP contribution in [0.2, 0.25) is 5.02 Å². The predicted molar refractivity (Wildman–Crippen MR) is 83.9 cm³/mol. The van der Waals surface area contributed by atoms with Gasteiger partial charge in [0, 0.05) is 31.4 Å². The molecular formula is C15H14ClN5O. The quantitative estimate of drug-likeness (QED) is 0.847. The molecule has 2 heterocycles. The summed E-state index contributed by atoms with van der Waals surface area (Å²) in [5.74, 6) is -0.0157. The standard InChI is InChI=1S/C15H14ClN5O/c1-19-9-13(8-18-19)21-5-4-20(10-15(21)22)14-3-2-12(16)6-11(14)7-17/h2-3,6,8-9H,4-5,10H2,1H3. The lowest BCUT2D eigenvalue weighted by atomic mass is 10.1. The molecule has 0 N–H and O–H groups in total. The first-order chi connectivity index (χ1) is 10.6. The van der Waals surface area contributed by atoms with E-state index in [1.54, 1.807) is 34.0 Å². The number of anilines is 2. The van der Waals surface area contributed by atoms with E-state index < -0.39 is 0 Å². The number of hydrogen-bond donors (Lipinski definition) is 0. The van der Waals surface area contributed by atoms with Gasteiger partial charge in [-0.3, -0.25) is 9.48 Å². The molecule has 6 nitrogen and oxygen atoms in total. The minimum absolute atomic E-state index is 0.0157. The Balaban J connectivity index is 1.81. The van der Waals surface area contributed by atoms with Gasteiger partial charge in [-0.2, -0.15) is 10.4 Å². The van der Waals surface area contributed by atoms with E-state index in [1.807, 2.05) is 18.1 Å². The number of benzene rings is 1. The van der Waals surface area contributed by atoms with Crippen LogP contribution in [0.3, 0.4) is 0 Å². The van der Waals surface area contributed by atoms with Gasteiger partial charge in [-0.15, -0.1) is 0 Å². The van der Waals surface area contributed by atoms with Gasteiger partial charge in [-0.05, 0) is 18.2 Å². The summed E-state index contributed by atoms with van der Waals surface area (Å²) in [4.78, 5) is 16.0. The first-order valence-electron chi connectivity index (χ1n) is 6.82. The average molecular weight is 316 g/mol. The van der Waals surface area contributed by atoms with E-state index in [4.69, 9.17) is 11.6 Å². The highest BCUT2D eigenvalue weighted by molar-refractivity contribution is 6.30. The van der Waals surface area contributed by atoms with Gasteiger partial charge in [-0.1, -0.05) is 11.6 Å². The number of halogens is 1. The lowest BCUT2D eigenvalue weighted by molar-refractivity contribution is -0.117. The average Bonchev–Trinajstić information content (AvgIpc) is 2.93. The minimum Gasteiger partial charge on any atom is -0.359 e. The van der Waals surface area contributed by atoms with E-state index >= 15 is 0 Å². The number of nitrogens with zero attached hydrogens (tertiary/aromatic N) is 5. The molecule has 1 aliphatic heterocycles. The van der Waals surface area contributed by atoms with Crippen LogP contribution >= 0.6 is 11.6 Å². The van der Waals surface area contributed by atoms with Gasteiger partial charge in [0.15, 0.2) is 0 Å². The second kappa shape index (κ2) is 5.70. The van der Waals surface area contributed by atoms with E-state index in [2.05, 4.69) is 11.2 Å². The fourth-order valence-electron chi connectivity index (χ4n) is 2.57. The van der Waals surface area contributed by atoms with Crippen molar-refractivity contribution in [3.05, 3.63) is 41.2 Å². The summed E-state index contributed by atoms with van der Waals surface area (Å²) in [6, 6.07) is 7.27. The van der Waals surface area contributed by atoms with Crippen LogP contribution in [-0.4, -0.2) is 35.3 Å². The number of piperazine rings is 1. The fourth-order valence-corrected chi connectivity index (χ4v) is 2.75. The normalized spacial score (nSPS) is 15.0. The largest absolute Gasteiger partial charge is 0.359 e. The zero-order chi connectivity index (χ0) is 15.7. The molecule has 2 aromatic rings. The molecular weight excluding hydrogens is 302 g/mol. The monoisotopic (exact) mass is 315 g/mol. The summed E-state index contributed by atoms with van der Waals surface area (Å²) in [5.41, 5.74) is 2.02. The molecule has 22 heavy (non-hydrogen) atoms. The summed E-state index contributed by atoms with van der Waals surface area (Å²) >= 11 is 5.91. The Morgan fingerprint density at radius 1 is 1.36 bits per heavy atom. The van der Waals surface area contributed by atoms with Crippen molar-refractivity contribution in [3.63, 3.8) is 0 Å². The maximum absolute atomic E-state index is 12.4. The third-order valence-electron chi connectivity index (χ3n) is 3.64. The summed E-state index contributed by atoms with van der Waals surface area (Å²) in [6.07, 6.45) is 3.49. The van der Waals surface area contributed by atoms with Gasteiger partial charge in [0.25, 0.3) is 0 Å². The van der Waals surface area contributed by atoms with Crippen molar-refractivity contribution in [1.29, 1.82) is 5.26 Å². The van der Waals surface area contributed by atoms with Crippen LogP contribution in [0.25, 0.3) is 0 Å². The molecule has 0 aliphatic carbocycles. The third-order valence-corrected chi connectivity index (χ3v) is 3.88. The van der Waals surface area contributed by atoms with Crippen LogP contribution in [0, 0.1) is 11.3 Å². The Labute approximate surface area is 133 Å². The van der Waals surface area contributed by atoms with Crippen molar-refractivity contribution in [3.8, 4) is 6.07 Å². The van der Waals surface area contributed by atoms with Crippen molar-refractivity contribution >= 4 is 28.9 Å². The Kier molecular flexibility index (Phi) is 3.73. The molecule has 0 spiro atoms. The van der Waals surface area contributed by atoms with Crippen LogP contribution in [-0.2, 0) is 11.8 Å². The molecule has 0 bridgehead atoms. The second-order valence-corrected chi connectivity index (χ2v) is 5.55. The lowest BCUT2D eigenvalue weighted by Crippen LogP contribution is -2.50. The minimum atomic E-state index is -0.0157. The SMILES string of the molecule is Cn1cc(N2CCN(c3ccc(Cl)cc3C#N)CC2=O)cn1. The maximum Gasteiger partial charge on any atom is 0.246 e. The Hall–Kier alpha value is -2.52. The van der Waals surface area contributed by atoms with Crippen LogP contribution in [0.5, 0.6) is 0 Å². The number of hydrogen-bond acceptors (Lipinski definition) is 4. The van der Waals surface area contributed by atoms with Crippen molar-refractivity contribution in [1.82, 2.24) is 9.78 Å². The molecule has 1 saturated heterocycles. The maximum atomic E-state index is 12.4. The van der Waals surface area contributed by atoms with E-state index in [1.165, 1.54) is 0 Å². The third kappa shape index (κ3) is 2.63. The predicted octanol–water partition coefficient (Wildman–Crippen LogP) is 1.80. The highest BCUT2D eigenvalue weighted by atomic mass is 35.5. The van der Waals surface area contributed by atoms with Crippen molar-refractivity contribution < 1.29 is 4.79 Å². The molecule has 112 valence electrons. The summed E-state index contributed by atoms with van der Waals surface area (Å²) < 4.78 is 1.67. The van der Waals surface area contributed by atoms with E-state index in [9.17, 15) is 10.1 Å². The lowest BCUT2D eigenvalue weighted by Gasteiger charge is -2.35. The van der Waals surface area contributed by atoms with E-state index in [0.717, 1.165) is 11.4 Å². The van der Waals surface area contributed by atoms with Gasteiger partial charge >= 0.3 is 0 Å². The molecule has 1 aromatic heterocycles. The van der Waals surface area contributed by atoms with Crippen LogP contribution in [0.1, 0.15) is 5.56 Å². The van der Waals surface area contributed by atoms with Gasteiger partial charge in [0.05, 0.1) is 29.7 Å². The number of carbonyl (C=O) groups is 1. The highest BCUT2D eigenvalue weighted by Gasteiger charge is 2.27. The fraction of sp³-hybridized carbons (Fsp3) is 0.267. The van der Waals surface area contributed by atoms with Crippen LogP contribution in [0.4, 0.5) is 11.4 Å². The molecule has 1 fully saturated rings. The molecule has 0 unspecified atom stereocenters. The van der Waals surface area contributed by atoms with Crippen LogP contribution in [0.15, 0.2) is 30.6 Å². The first-order valence-corrected chi connectivity index (χ1v) is 7.20. The van der Waals surface area contributed by atoms with E-state index in [-0.39, 0.29) is 12.5 Å². The smallest absolute Gasteiger partial charge is 0.246 e. The molecule has 0 atom stereocenters. The molecule has 1 aromatic carbocycles. The Morgan fingerprint density at radius 3 is 2.82 bits per heavy atom. The van der Waals surface area contributed by atoms with Gasteiger partial charge < -0.3 is 9.80 Å². The molecule has 0 saturated carbocycles. The van der Waals surface area contributed by atoms with Gasteiger partial charge in [-0.25, -0.2) is 0 Å².